The zero-order chi connectivity index (χ0) is 13.3. The highest BCUT2D eigenvalue weighted by Crippen LogP contribution is 2.27. The van der Waals surface area contributed by atoms with Crippen LogP contribution in [0.25, 0.3) is 5.82 Å². The molecule has 5 N–H and O–H groups in total. The van der Waals surface area contributed by atoms with E-state index in [1.807, 2.05) is 0 Å². The Bertz CT molecular complexity index is 562. The minimum Gasteiger partial charge on any atom is -0.368 e. The predicted octanol–water partition coefficient (Wildman–Crippen LogP) is 0.549. The Hall–Kier alpha value is -2.36. The number of rotatable bonds is 2. The third-order valence-corrected chi connectivity index (χ3v) is 1.99. The van der Waals surface area contributed by atoms with Crippen LogP contribution in [0.3, 0.4) is 0 Å². The number of aromatic nitrogens is 4. The van der Waals surface area contributed by atoms with Gasteiger partial charge in [-0.2, -0.15) is 28.2 Å². The second kappa shape index (κ2) is 4.14. The second-order valence-corrected chi connectivity index (χ2v) is 3.26. The van der Waals surface area contributed by atoms with E-state index in [0.717, 1.165) is 16.9 Å². The van der Waals surface area contributed by atoms with Gasteiger partial charge in [-0.05, 0) is 6.07 Å². The summed E-state index contributed by atoms with van der Waals surface area (Å²) in [6, 6.07) is 2.14. The lowest BCUT2D eigenvalue weighted by Gasteiger charge is -2.05. The summed E-state index contributed by atoms with van der Waals surface area (Å²) < 4.78 is 38.1. The maximum Gasteiger partial charge on any atom is 0.435 e. The van der Waals surface area contributed by atoms with E-state index in [0.29, 0.717) is 0 Å². The number of hydrogen-bond acceptors (Lipinski definition) is 6. The van der Waals surface area contributed by atoms with Gasteiger partial charge in [-0.25, -0.2) is 10.5 Å². The number of nitrogens with two attached hydrogens (primary N) is 2. The Morgan fingerprint density at radius 3 is 2.56 bits per heavy atom. The zero-order valence-electron chi connectivity index (χ0n) is 8.81. The molecular weight excluding hydrogens is 251 g/mol. The highest BCUT2D eigenvalue weighted by Gasteiger charge is 2.33. The van der Waals surface area contributed by atoms with Crippen molar-refractivity contribution in [2.45, 2.75) is 6.18 Å². The van der Waals surface area contributed by atoms with Gasteiger partial charge in [0.05, 0.1) is 0 Å². The van der Waals surface area contributed by atoms with Crippen molar-refractivity contribution < 1.29 is 13.2 Å². The number of alkyl halides is 3. The SMILES string of the molecule is NNc1cc(-n2ccc(C(F)(F)F)n2)nc(N)n1. The molecule has 0 aliphatic rings. The van der Waals surface area contributed by atoms with Gasteiger partial charge in [0.2, 0.25) is 5.95 Å². The lowest BCUT2D eigenvalue weighted by molar-refractivity contribution is -0.141. The molecule has 96 valence electrons. The zero-order valence-corrected chi connectivity index (χ0v) is 8.81. The summed E-state index contributed by atoms with van der Waals surface area (Å²) in [6.07, 6.45) is -3.40. The minimum atomic E-state index is -4.52. The van der Waals surface area contributed by atoms with Crippen LogP contribution < -0.4 is 17.0 Å². The summed E-state index contributed by atoms with van der Waals surface area (Å²) in [5.74, 6) is 5.24. The quantitative estimate of drug-likeness (QED) is 0.537. The van der Waals surface area contributed by atoms with Gasteiger partial charge in [-0.3, -0.25) is 0 Å². The van der Waals surface area contributed by atoms with Crippen LogP contribution in [0.15, 0.2) is 18.3 Å². The maximum absolute atomic E-state index is 12.4. The Morgan fingerprint density at radius 1 is 1.28 bits per heavy atom. The Morgan fingerprint density at radius 2 is 2.00 bits per heavy atom. The summed E-state index contributed by atoms with van der Waals surface area (Å²) in [4.78, 5) is 7.45. The molecule has 0 fully saturated rings. The molecule has 10 heteroatoms. The first kappa shape index (κ1) is 12.1. The number of nitrogens with zero attached hydrogens (tertiary/aromatic N) is 4. The molecule has 0 atom stereocenters. The first-order chi connectivity index (χ1) is 8.40. The van der Waals surface area contributed by atoms with E-state index >= 15 is 0 Å². The second-order valence-electron chi connectivity index (χ2n) is 3.26. The van der Waals surface area contributed by atoms with Crippen molar-refractivity contribution in [1.82, 2.24) is 19.7 Å². The summed E-state index contributed by atoms with van der Waals surface area (Å²) >= 11 is 0. The van der Waals surface area contributed by atoms with E-state index in [2.05, 4.69) is 20.5 Å². The van der Waals surface area contributed by atoms with E-state index < -0.39 is 11.9 Å². The molecule has 18 heavy (non-hydrogen) atoms. The molecule has 0 aliphatic heterocycles. The van der Waals surface area contributed by atoms with Gasteiger partial charge < -0.3 is 11.2 Å². The fraction of sp³-hybridized carbons (Fsp3) is 0.125. The average molecular weight is 259 g/mol. The van der Waals surface area contributed by atoms with E-state index in [4.69, 9.17) is 11.6 Å². The van der Waals surface area contributed by atoms with Crippen molar-refractivity contribution >= 4 is 11.8 Å². The van der Waals surface area contributed by atoms with Crippen molar-refractivity contribution in [3.8, 4) is 5.82 Å². The topological polar surface area (TPSA) is 108 Å². The standard InChI is InChI=1S/C8H8F3N7/c9-8(10,11)4-1-2-18(17-4)6-3-5(16-13)14-7(12)15-6/h1-3H,13H2,(H3,12,14,15,16). The molecule has 0 amide bonds. The van der Waals surface area contributed by atoms with Crippen molar-refractivity contribution in [2.24, 2.45) is 5.84 Å². The van der Waals surface area contributed by atoms with Crippen molar-refractivity contribution in [1.29, 1.82) is 0 Å². The van der Waals surface area contributed by atoms with Crippen molar-refractivity contribution in [3.63, 3.8) is 0 Å². The molecule has 0 saturated carbocycles. The molecule has 0 bridgehead atoms. The smallest absolute Gasteiger partial charge is 0.368 e. The van der Waals surface area contributed by atoms with Crippen LogP contribution >= 0.6 is 0 Å². The van der Waals surface area contributed by atoms with Crippen LogP contribution in [0.2, 0.25) is 0 Å². The van der Waals surface area contributed by atoms with Gasteiger partial charge in [-0.15, -0.1) is 0 Å². The van der Waals surface area contributed by atoms with Gasteiger partial charge in [0.1, 0.15) is 5.82 Å². The fourth-order valence-electron chi connectivity index (χ4n) is 1.25. The van der Waals surface area contributed by atoms with E-state index in [-0.39, 0.29) is 17.6 Å². The lowest BCUT2D eigenvalue weighted by Crippen LogP contribution is -2.13. The van der Waals surface area contributed by atoms with Gasteiger partial charge in [0.25, 0.3) is 0 Å². The molecule has 0 aromatic carbocycles. The third kappa shape index (κ3) is 2.32. The van der Waals surface area contributed by atoms with Gasteiger partial charge in [0.15, 0.2) is 11.5 Å². The first-order valence-electron chi connectivity index (χ1n) is 4.64. The molecule has 7 nitrogen and oxygen atoms in total. The molecule has 2 heterocycles. The van der Waals surface area contributed by atoms with Gasteiger partial charge in [-0.1, -0.05) is 0 Å². The summed E-state index contributed by atoms with van der Waals surface area (Å²) in [6.45, 7) is 0. The lowest BCUT2D eigenvalue weighted by atomic mass is 10.4. The van der Waals surface area contributed by atoms with E-state index in [1.54, 1.807) is 0 Å². The van der Waals surface area contributed by atoms with Crippen LogP contribution in [0.5, 0.6) is 0 Å². The fourth-order valence-corrected chi connectivity index (χ4v) is 1.25. The highest BCUT2D eigenvalue weighted by molar-refractivity contribution is 5.44. The largest absolute Gasteiger partial charge is 0.435 e. The minimum absolute atomic E-state index is 0.0750. The number of halogens is 3. The number of hydrogen-bond donors (Lipinski definition) is 3. The number of anilines is 2. The van der Waals surface area contributed by atoms with Crippen molar-refractivity contribution in [3.05, 3.63) is 24.0 Å². The molecule has 2 aromatic heterocycles. The monoisotopic (exact) mass is 259 g/mol. The summed E-state index contributed by atoms with van der Waals surface area (Å²) in [5, 5.41) is 3.35. The number of nitrogen functional groups attached to an aromatic ring is 2. The van der Waals surface area contributed by atoms with E-state index in [9.17, 15) is 13.2 Å². The molecule has 2 rings (SSSR count). The van der Waals surface area contributed by atoms with Gasteiger partial charge >= 0.3 is 6.18 Å². The Labute approximate surface area is 98.6 Å². The molecule has 2 aromatic rings. The Balaban J connectivity index is 2.43. The summed E-state index contributed by atoms with van der Waals surface area (Å²) in [7, 11) is 0. The highest BCUT2D eigenvalue weighted by atomic mass is 19.4. The molecule has 0 aliphatic carbocycles. The molecule has 0 unspecified atom stereocenters. The van der Waals surface area contributed by atoms with Crippen LogP contribution in [-0.2, 0) is 6.18 Å². The number of hydrazine groups is 1. The van der Waals surface area contributed by atoms with Gasteiger partial charge in [0, 0.05) is 12.3 Å². The average Bonchev–Trinajstić information content (AvgIpc) is 2.77. The molecule has 0 saturated heterocycles. The first-order valence-corrected chi connectivity index (χ1v) is 4.64. The third-order valence-electron chi connectivity index (χ3n) is 1.99. The Kier molecular flexibility index (Phi) is 2.79. The van der Waals surface area contributed by atoms with Crippen LogP contribution in [0.4, 0.5) is 24.9 Å². The number of nitrogens with one attached hydrogen (secondary N) is 1. The van der Waals surface area contributed by atoms with E-state index in [1.165, 1.54) is 6.07 Å². The van der Waals surface area contributed by atoms with Crippen LogP contribution in [0.1, 0.15) is 5.69 Å². The van der Waals surface area contributed by atoms with Crippen molar-refractivity contribution in [2.75, 3.05) is 11.2 Å². The maximum atomic E-state index is 12.4. The molecule has 0 spiro atoms. The van der Waals surface area contributed by atoms with Crippen LogP contribution in [0, 0.1) is 0 Å². The normalized spacial score (nSPS) is 11.6. The summed E-state index contributed by atoms with van der Waals surface area (Å²) in [5.41, 5.74) is 6.58. The van der Waals surface area contributed by atoms with Crippen LogP contribution in [-0.4, -0.2) is 19.7 Å². The molecular formula is C8H8F3N7. The molecule has 0 radical (unpaired) electrons. The predicted molar refractivity (Wildman–Crippen MR) is 56.4 cm³/mol.